The number of hydrogen-bond acceptors (Lipinski definition) is 4. The monoisotopic (exact) mass is 284 g/mol. The Morgan fingerprint density at radius 1 is 1.14 bits per heavy atom. The summed E-state index contributed by atoms with van der Waals surface area (Å²) in [5, 5.41) is 9.56. The lowest BCUT2D eigenvalue weighted by Crippen LogP contribution is -1.95. The molecule has 0 aliphatic rings. The minimum absolute atomic E-state index is 0.147. The minimum atomic E-state index is -0.147. The fourth-order valence-corrected chi connectivity index (χ4v) is 2.16. The predicted octanol–water partition coefficient (Wildman–Crippen LogP) is 3.02. The van der Waals surface area contributed by atoms with Crippen molar-refractivity contribution in [1.29, 1.82) is 0 Å². The van der Waals surface area contributed by atoms with Crippen LogP contribution in [0.15, 0.2) is 48.7 Å². The van der Waals surface area contributed by atoms with E-state index in [1.54, 1.807) is 6.07 Å². The van der Waals surface area contributed by atoms with Gasteiger partial charge in [0.2, 0.25) is 5.88 Å². The number of rotatable bonds is 5. The molecule has 21 heavy (non-hydrogen) atoms. The molecule has 1 N–H and O–H groups in total. The van der Waals surface area contributed by atoms with Gasteiger partial charge in [0.25, 0.3) is 0 Å². The summed E-state index contributed by atoms with van der Waals surface area (Å²) < 4.78 is 13.1. The van der Waals surface area contributed by atoms with Gasteiger partial charge < -0.3 is 14.6 Å². The highest BCUT2D eigenvalue weighted by molar-refractivity contribution is 5.47. The first-order valence-corrected chi connectivity index (χ1v) is 6.79. The Balaban J connectivity index is 1.96. The van der Waals surface area contributed by atoms with Crippen LogP contribution in [0.4, 0.5) is 0 Å². The molecule has 0 amide bonds. The minimum Gasteiger partial charge on any atom is -0.494 e. The number of fused-ring (bicyclic) bond motifs is 1. The second-order valence-electron chi connectivity index (χ2n) is 4.46. The van der Waals surface area contributed by atoms with Crippen molar-refractivity contribution >= 4 is 5.65 Å². The molecule has 3 rings (SSSR count). The summed E-state index contributed by atoms with van der Waals surface area (Å²) in [6.45, 7) is 2.38. The topological polar surface area (TPSA) is 56.0 Å². The normalized spacial score (nSPS) is 10.8. The van der Waals surface area contributed by atoms with E-state index in [2.05, 4.69) is 4.98 Å². The van der Waals surface area contributed by atoms with Crippen LogP contribution in [0.2, 0.25) is 0 Å². The zero-order chi connectivity index (χ0) is 14.7. The van der Waals surface area contributed by atoms with Crippen LogP contribution >= 0.6 is 0 Å². The number of nitrogens with zero attached hydrogens (tertiary/aromatic N) is 2. The predicted molar refractivity (Wildman–Crippen MR) is 78.8 cm³/mol. The van der Waals surface area contributed by atoms with Crippen LogP contribution in [0, 0.1) is 0 Å². The van der Waals surface area contributed by atoms with Gasteiger partial charge in [0.1, 0.15) is 22.8 Å². The molecule has 3 aromatic rings. The van der Waals surface area contributed by atoms with Gasteiger partial charge in [-0.1, -0.05) is 12.1 Å². The number of imidazole rings is 1. The Labute approximate surface area is 122 Å². The Hall–Kier alpha value is -2.53. The second kappa shape index (κ2) is 5.85. The number of aromatic nitrogens is 2. The van der Waals surface area contributed by atoms with E-state index >= 15 is 0 Å². The number of aliphatic hydroxyl groups is 1. The molecule has 0 aliphatic carbocycles. The first-order valence-electron chi connectivity index (χ1n) is 6.79. The van der Waals surface area contributed by atoms with Gasteiger partial charge in [-0.2, -0.15) is 4.98 Å². The van der Waals surface area contributed by atoms with Crippen LogP contribution in [0.1, 0.15) is 12.6 Å². The number of aliphatic hydroxyl groups excluding tert-OH is 1. The van der Waals surface area contributed by atoms with Gasteiger partial charge in [-0.25, -0.2) is 0 Å². The summed E-state index contributed by atoms with van der Waals surface area (Å²) in [5.41, 5.74) is 1.35. The summed E-state index contributed by atoms with van der Waals surface area (Å²) in [4.78, 5) is 4.39. The average molecular weight is 284 g/mol. The molecule has 0 atom stereocenters. The molecular formula is C16H16N2O3. The average Bonchev–Trinajstić information content (AvgIpc) is 2.85. The zero-order valence-electron chi connectivity index (χ0n) is 11.7. The summed E-state index contributed by atoms with van der Waals surface area (Å²) >= 11 is 0. The summed E-state index contributed by atoms with van der Waals surface area (Å²) in [7, 11) is 0. The van der Waals surface area contributed by atoms with Crippen molar-refractivity contribution in [1.82, 2.24) is 9.38 Å². The van der Waals surface area contributed by atoms with E-state index < -0.39 is 0 Å². The van der Waals surface area contributed by atoms with E-state index in [1.165, 1.54) is 0 Å². The van der Waals surface area contributed by atoms with Gasteiger partial charge in [-0.15, -0.1) is 0 Å². The van der Waals surface area contributed by atoms with Crippen molar-refractivity contribution in [2.45, 2.75) is 13.5 Å². The molecule has 0 bridgehead atoms. The maximum Gasteiger partial charge on any atom is 0.243 e. The number of hydrogen-bond donors (Lipinski definition) is 1. The standard InChI is InChI=1S/C16H16N2O3/c1-2-20-12-6-5-7-13(10-12)21-16-14(11-19)18-9-4-3-8-15(18)17-16/h3-10,19H,2,11H2,1H3. The fourth-order valence-electron chi connectivity index (χ4n) is 2.16. The molecule has 1 aromatic carbocycles. The molecule has 5 heteroatoms. The molecule has 0 unspecified atom stereocenters. The third-order valence-corrected chi connectivity index (χ3v) is 3.07. The highest BCUT2D eigenvalue weighted by atomic mass is 16.5. The third-order valence-electron chi connectivity index (χ3n) is 3.07. The molecule has 0 aliphatic heterocycles. The number of pyridine rings is 1. The summed E-state index contributed by atoms with van der Waals surface area (Å²) in [5.74, 6) is 1.76. The van der Waals surface area contributed by atoms with Crippen LogP contribution in [-0.2, 0) is 6.61 Å². The summed E-state index contributed by atoms with van der Waals surface area (Å²) in [6.07, 6.45) is 1.84. The molecule has 2 aromatic heterocycles. The van der Waals surface area contributed by atoms with E-state index in [9.17, 15) is 5.11 Å². The highest BCUT2D eigenvalue weighted by Crippen LogP contribution is 2.28. The lowest BCUT2D eigenvalue weighted by Gasteiger charge is -2.07. The van der Waals surface area contributed by atoms with Gasteiger partial charge in [0, 0.05) is 12.3 Å². The van der Waals surface area contributed by atoms with E-state index in [1.807, 2.05) is 53.9 Å². The molecule has 108 valence electrons. The van der Waals surface area contributed by atoms with Gasteiger partial charge in [-0.05, 0) is 31.2 Å². The summed E-state index contributed by atoms with van der Waals surface area (Å²) in [6, 6.07) is 13.0. The van der Waals surface area contributed by atoms with Crippen LogP contribution in [0.5, 0.6) is 17.4 Å². The quantitative estimate of drug-likeness (QED) is 0.782. The molecule has 2 heterocycles. The fraction of sp³-hybridized carbons (Fsp3) is 0.188. The Morgan fingerprint density at radius 2 is 2.00 bits per heavy atom. The SMILES string of the molecule is CCOc1cccc(Oc2nc3ccccn3c2CO)c1. The van der Waals surface area contributed by atoms with Crippen molar-refractivity contribution in [3.05, 3.63) is 54.4 Å². The van der Waals surface area contributed by atoms with Gasteiger partial charge in [-0.3, -0.25) is 4.40 Å². The molecule has 0 saturated heterocycles. The lowest BCUT2D eigenvalue weighted by molar-refractivity contribution is 0.269. The lowest BCUT2D eigenvalue weighted by atomic mass is 10.3. The van der Waals surface area contributed by atoms with Crippen LogP contribution < -0.4 is 9.47 Å². The first-order chi connectivity index (χ1) is 10.3. The van der Waals surface area contributed by atoms with E-state index in [4.69, 9.17) is 9.47 Å². The first kappa shape index (κ1) is 13.5. The Morgan fingerprint density at radius 3 is 2.81 bits per heavy atom. The van der Waals surface area contributed by atoms with Crippen molar-refractivity contribution in [2.24, 2.45) is 0 Å². The van der Waals surface area contributed by atoms with Crippen LogP contribution in [0.25, 0.3) is 5.65 Å². The van der Waals surface area contributed by atoms with E-state index in [-0.39, 0.29) is 6.61 Å². The van der Waals surface area contributed by atoms with E-state index in [0.717, 1.165) is 11.4 Å². The number of benzene rings is 1. The van der Waals surface area contributed by atoms with Crippen LogP contribution in [-0.4, -0.2) is 21.1 Å². The van der Waals surface area contributed by atoms with Crippen molar-refractivity contribution in [3.63, 3.8) is 0 Å². The zero-order valence-corrected chi connectivity index (χ0v) is 11.7. The molecule has 0 saturated carbocycles. The van der Waals surface area contributed by atoms with E-state index in [0.29, 0.717) is 23.9 Å². The van der Waals surface area contributed by atoms with Gasteiger partial charge in [0.05, 0.1) is 13.2 Å². The van der Waals surface area contributed by atoms with Crippen molar-refractivity contribution < 1.29 is 14.6 Å². The molecule has 5 nitrogen and oxygen atoms in total. The molecular weight excluding hydrogens is 268 g/mol. The molecule has 0 radical (unpaired) electrons. The van der Waals surface area contributed by atoms with Crippen molar-refractivity contribution in [3.8, 4) is 17.4 Å². The smallest absolute Gasteiger partial charge is 0.243 e. The Bertz CT molecular complexity index is 752. The maximum atomic E-state index is 9.56. The molecule has 0 fully saturated rings. The molecule has 0 spiro atoms. The number of ether oxygens (including phenoxy) is 2. The second-order valence-corrected chi connectivity index (χ2v) is 4.46. The largest absolute Gasteiger partial charge is 0.494 e. The highest BCUT2D eigenvalue weighted by Gasteiger charge is 2.13. The van der Waals surface area contributed by atoms with Crippen LogP contribution in [0.3, 0.4) is 0 Å². The van der Waals surface area contributed by atoms with Gasteiger partial charge in [0.15, 0.2) is 0 Å². The maximum absolute atomic E-state index is 9.56. The van der Waals surface area contributed by atoms with Crippen molar-refractivity contribution in [2.75, 3.05) is 6.61 Å². The third kappa shape index (κ3) is 2.68. The Kier molecular flexibility index (Phi) is 3.75. The van der Waals surface area contributed by atoms with Gasteiger partial charge >= 0.3 is 0 Å².